The Morgan fingerprint density at radius 2 is 1.84 bits per heavy atom. The van der Waals surface area contributed by atoms with Crippen molar-refractivity contribution in [1.82, 2.24) is 9.80 Å². The predicted molar refractivity (Wildman–Crippen MR) is 101 cm³/mol. The highest BCUT2D eigenvalue weighted by Gasteiger charge is 2.44. The van der Waals surface area contributed by atoms with E-state index in [1.54, 1.807) is 0 Å². The van der Waals surface area contributed by atoms with Crippen molar-refractivity contribution >= 4 is 17.7 Å². The number of hydrogen-bond acceptors (Lipinski definition) is 3. The van der Waals surface area contributed by atoms with Gasteiger partial charge < -0.3 is 9.64 Å². The van der Waals surface area contributed by atoms with E-state index in [9.17, 15) is 4.79 Å². The molecule has 0 radical (unpaired) electrons. The van der Waals surface area contributed by atoms with Gasteiger partial charge in [0.1, 0.15) is 5.60 Å². The molecule has 1 saturated carbocycles. The molecule has 1 amide bonds. The van der Waals surface area contributed by atoms with Crippen molar-refractivity contribution in [2.45, 2.75) is 51.8 Å². The van der Waals surface area contributed by atoms with Crippen LogP contribution in [0.3, 0.4) is 0 Å². The Morgan fingerprint density at radius 3 is 2.40 bits per heavy atom. The number of halogens is 1. The highest BCUT2D eigenvalue weighted by molar-refractivity contribution is 6.31. The van der Waals surface area contributed by atoms with Crippen LogP contribution in [0.1, 0.15) is 39.2 Å². The topological polar surface area (TPSA) is 32.8 Å². The number of benzene rings is 1. The number of likely N-dealkylation sites (tertiary alicyclic amines) is 1. The minimum atomic E-state index is -0.424. The van der Waals surface area contributed by atoms with Gasteiger partial charge in [-0.1, -0.05) is 29.8 Å². The van der Waals surface area contributed by atoms with E-state index in [-0.39, 0.29) is 6.09 Å². The number of ether oxygens (including phenoxy) is 1. The van der Waals surface area contributed by atoms with Crippen LogP contribution in [0.2, 0.25) is 5.02 Å². The molecule has 2 aliphatic rings. The van der Waals surface area contributed by atoms with Crippen LogP contribution in [-0.2, 0) is 11.3 Å². The van der Waals surface area contributed by atoms with Gasteiger partial charge in [0.05, 0.1) is 0 Å². The van der Waals surface area contributed by atoms with E-state index in [4.69, 9.17) is 16.3 Å². The van der Waals surface area contributed by atoms with Crippen molar-refractivity contribution in [2.75, 3.05) is 20.1 Å². The Balaban J connectivity index is 1.53. The summed E-state index contributed by atoms with van der Waals surface area (Å²) in [6.45, 7) is 8.29. The van der Waals surface area contributed by atoms with Crippen LogP contribution >= 0.6 is 11.6 Å². The molecule has 1 unspecified atom stereocenters. The van der Waals surface area contributed by atoms with Crippen molar-refractivity contribution in [2.24, 2.45) is 11.8 Å². The van der Waals surface area contributed by atoms with Gasteiger partial charge in [-0.15, -0.1) is 0 Å². The van der Waals surface area contributed by atoms with E-state index in [0.717, 1.165) is 37.5 Å². The summed E-state index contributed by atoms with van der Waals surface area (Å²) < 4.78 is 5.52. The van der Waals surface area contributed by atoms with Crippen molar-refractivity contribution < 1.29 is 9.53 Å². The third kappa shape index (κ3) is 4.48. The average Bonchev–Trinajstić information content (AvgIpc) is 3.06. The Labute approximate surface area is 156 Å². The quantitative estimate of drug-likeness (QED) is 0.796. The van der Waals surface area contributed by atoms with Crippen LogP contribution in [0.4, 0.5) is 4.79 Å². The summed E-state index contributed by atoms with van der Waals surface area (Å²) in [5, 5.41) is 0.837. The lowest BCUT2D eigenvalue weighted by molar-refractivity contribution is 0.0275. The van der Waals surface area contributed by atoms with E-state index in [0.29, 0.717) is 17.9 Å². The fraction of sp³-hybridized carbons (Fsp3) is 0.650. The number of nitrogens with zero attached hydrogens (tertiary/aromatic N) is 2. The average molecular weight is 365 g/mol. The fourth-order valence-electron chi connectivity index (χ4n) is 4.13. The van der Waals surface area contributed by atoms with Gasteiger partial charge in [0.2, 0.25) is 0 Å². The van der Waals surface area contributed by atoms with Crippen LogP contribution in [0, 0.1) is 11.8 Å². The fourth-order valence-corrected chi connectivity index (χ4v) is 4.32. The number of amides is 1. The van der Waals surface area contributed by atoms with Gasteiger partial charge in [-0.2, -0.15) is 0 Å². The van der Waals surface area contributed by atoms with Crippen LogP contribution < -0.4 is 0 Å². The molecule has 0 spiro atoms. The zero-order valence-corrected chi connectivity index (χ0v) is 16.4. The maximum absolute atomic E-state index is 12.3. The molecule has 0 bridgehead atoms. The monoisotopic (exact) mass is 364 g/mol. The van der Waals surface area contributed by atoms with Gasteiger partial charge in [0.15, 0.2) is 0 Å². The van der Waals surface area contributed by atoms with E-state index in [2.05, 4.69) is 18.0 Å². The number of hydrogen-bond donors (Lipinski definition) is 0. The Morgan fingerprint density at radius 1 is 1.24 bits per heavy atom. The van der Waals surface area contributed by atoms with Gasteiger partial charge in [-0.05, 0) is 64.1 Å². The molecule has 4 nitrogen and oxygen atoms in total. The Kier molecular flexibility index (Phi) is 5.31. The number of carbonyl (C=O) groups excluding carboxylic acids is 1. The number of rotatable bonds is 3. The molecule has 1 aromatic rings. The lowest BCUT2D eigenvalue weighted by Crippen LogP contribution is -2.37. The summed E-state index contributed by atoms with van der Waals surface area (Å²) in [5.41, 5.74) is 0.756. The molecule has 25 heavy (non-hydrogen) atoms. The molecule has 2 fully saturated rings. The summed E-state index contributed by atoms with van der Waals surface area (Å²) in [4.78, 5) is 16.6. The van der Waals surface area contributed by atoms with E-state index in [1.165, 1.54) is 5.56 Å². The molecule has 138 valence electrons. The maximum Gasteiger partial charge on any atom is 0.410 e. The normalized spacial score (nSPS) is 26.2. The largest absolute Gasteiger partial charge is 0.444 e. The van der Waals surface area contributed by atoms with Gasteiger partial charge in [-0.3, -0.25) is 4.90 Å². The van der Waals surface area contributed by atoms with Gasteiger partial charge in [0.25, 0.3) is 0 Å². The first-order valence-electron chi connectivity index (χ1n) is 9.14. The zero-order valence-electron chi connectivity index (χ0n) is 15.7. The lowest BCUT2D eigenvalue weighted by Gasteiger charge is -2.28. The van der Waals surface area contributed by atoms with E-state index < -0.39 is 5.60 Å². The second kappa shape index (κ2) is 7.16. The summed E-state index contributed by atoms with van der Waals surface area (Å²) in [7, 11) is 2.18. The van der Waals surface area contributed by atoms with Crippen LogP contribution in [0.15, 0.2) is 24.3 Å². The van der Waals surface area contributed by atoms with Crippen LogP contribution in [-0.4, -0.2) is 47.7 Å². The molecule has 5 heteroatoms. The highest BCUT2D eigenvalue weighted by atomic mass is 35.5. The molecule has 1 aromatic carbocycles. The first kappa shape index (κ1) is 18.5. The second-order valence-corrected chi connectivity index (χ2v) is 8.94. The second-order valence-electron chi connectivity index (χ2n) is 8.54. The molecule has 0 aromatic heterocycles. The first-order valence-corrected chi connectivity index (χ1v) is 9.52. The van der Waals surface area contributed by atoms with Crippen molar-refractivity contribution in [3.63, 3.8) is 0 Å². The Bertz CT molecular complexity index is 614. The summed E-state index contributed by atoms with van der Waals surface area (Å²) in [6.07, 6.45) is 2.12. The van der Waals surface area contributed by atoms with Gasteiger partial charge in [0, 0.05) is 30.7 Å². The minimum Gasteiger partial charge on any atom is -0.444 e. The van der Waals surface area contributed by atoms with Gasteiger partial charge >= 0.3 is 6.09 Å². The molecule has 3 atom stereocenters. The minimum absolute atomic E-state index is 0.164. The van der Waals surface area contributed by atoms with Crippen LogP contribution in [0.5, 0.6) is 0 Å². The predicted octanol–water partition coefficient (Wildman–Crippen LogP) is 4.42. The van der Waals surface area contributed by atoms with Gasteiger partial charge in [-0.25, -0.2) is 4.79 Å². The van der Waals surface area contributed by atoms with Crippen LogP contribution in [0.25, 0.3) is 0 Å². The summed E-state index contributed by atoms with van der Waals surface area (Å²) in [6, 6.07) is 8.62. The summed E-state index contributed by atoms with van der Waals surface area (Å²) in [5.74, 6) is 1.18. The van der Waals surface area contributed by atoms with Crippen molar-refractivity contribution in [3.05, 3.63) is 34.9 Å². The molecule has 0 N–H and O–H groups in total. The molecule has 1 heterocycles. The molecule has 1 saturated heterocycles. The third-order valence-electron chi connectivity index (χ3n) is 5.38. The number of carbonyl (C=O) groups is 1. The molecule has 3 rings (SSSR count). The molecule has 1 aliphatic carbocycles. The van der Waals surface area contributed by atoms with Crippen molar-refractivity contribution in [1.29, 1.82) is 0 Å². The highest BCUT2D eigenvalue weighted by Crippen LogP contribution is 2.40. The third-order valence-corrected chi connectivity index (χ3v) is 5.75. The molecular weight excluding hydrogens is 336 g/mol. The number of fused-ring (bicyclic) bond motifs is 1. The summed E-state index contributed by atoms with van der Waals surface area (Å²) >= 11 is 6.29. The zero-order chi connectivity index (χ0) is 18.2. The smallest absolute Gasteiger partial charge is 0.410 e. The Hall–Kier alpha value is -1.26. The lowest BCUT2D eigenvalue weighted by atomic mass is 10.0. The molecular formula is C20H29ClN2O2. The van der Waals surface area contributed by atoms with Crippen molar-refractivity contribution in [3.8, 4) is 0 Å². The molecule has 1 aliphatic heterocycles. The van der Waals surface area contributed by atoms with E-state index >= 15 is 0 Å². The maximum atomic E-state index is 12.3. The van der Waals surface area contributed by atoms with E-state index in [1.807, 2.05) is 43.9 Å². The standard InChI is InChI=1S/C20H29ClN2O2/c1-20(2,3)25-19(24)23-12-15-9-17(10-16(15)13-23)22(4)11-14-7-5-6-8-18(14)21/h5-8,15-17H,9-13H2,1-4H3/t15-,16+,17?. The first-order chi connectivity index (χ1) is 11.7. The SMILES string of the molecule is CN(Cc1ccccc1Cl)C1C[C@@H]2CN(C(=O)OC(C)(C)C)C[C@@H]2C1.